The van der Waals surface area contributed by atoms with Gasteiger partial charge in [-0.15, -0.1) is 0 Å². The fourth-order valence-electron chi connectivity index (χ4n) is 2.86. The summed E-state index contributed by atoms with van der Waals surface area (Å²) in [6.07, 6.45) is 2.60. The number of benzene rings is 1. The predicted molar refractivity (Wildman–Crippen MR) is 76.7 cm³/mol. The molecule has 5 nitrogen and oxygen atoms in total. The van der Waals surface area contributed by atoms with E-state index >= 15 is 0 Å². The standard InChI is InChI=1S/C15H19N3O2/c16-11-3-4-14-13(7-11)17-15(10-1-2-10)18(14)8-12-9-19-5-6-20-12/h3-4,7,10,12H,1-2,5-6,8-9,16H2. The molecule has 0 amide bonds. The van der Waals surface area contributed by atoms with Crippen LogP contribution >= 0.6 is 0 Å². The molecule has 2 heterocycles. The van der Waals surface area contributed by atoms with Crippen LogP contribution in [0.1, 0.15) is 24.6 Å². The van der Waals surface area contributed by atoms with E-state index in [0.29, 0.717) is 25.7 Å². The molecule has 2 fully saturated rings. The molecular weight excluding hydrogens is 254 g/mol. The molecule has 4 rings (SSSR count). The average Bonchev–Trinajstić information content (AvgIpc) is 3.24. The Morgan fingerprint density at radius 3 is 2.95 bits per heavy atom. The molecular formula is C15H19N3O2. The Labute approximate surface area is 117 Å². The summed E-state index contributed by atoms with van der Waals surface area (Å²) in [5.74, 6) is 1.79. The van der Waals surface area contributed by atoms with Crippen LogP contribution in [0.4, 0.5) is 5.69 Å². The van der Waals surface area contributed by atoms with E-state index in [9.17, 15) is 0 Å². The van der Waals surface area contributed by atoms with Crippen molar-refractivity contribution in [3.8, 4) is 0 Å². The van der Waals surface area contributed by atoms with Crippen LogP contribution < -0.4 is 5.73 Å². The van der Waals surface area contributed by atoms with E-state index in [0.717, 1.165) is 23.3 Å². The zero-order valence-electron chi connectivity index (χ0n) is 11.4. The number of imidazole rings is 1. The van der Waals surface area contributed by atoms with Crippen molar-refractivity contribution in [2.24, 2.45) is 0 Å². The molecule has 2 aromatic rings. The lowest BCUT2D eigenvalue weighted by Crippen LogP contribution is -2.32. The third kappa shape index (κ3) is 2.17. The zero-order valence-corrected chi connectivity index (χ0v) is 11.4. The van der Waals surface area contributed by atoms with Gasteiger partial charge in [-0.25, -0.2) is 4.98 Å². The number of nitrogens with zero attached hydrogens (tertiary/aromatic N) is 2. The van der Waals surface area contributed by atoms with Crippen molar-refractivity contribution < 1.29 is 9.47 Å². The van der Waals surface area contributed by atoms with Crippen LogP contribution in [0.15, 0.2) is 18.2 Å². The Balaban J connectivity index is 1.73. The zero-order chi connectivity index (χ0) is 13.5. The van der Waals surface area contributed by atoms with Gasteiger partial charge in [-0.2, -0.15) is 0 Å². The smallest absolute Gasteiger partial charge is 0.113 e. The molecule has 1 saturated heterocycles. The fraction of sp³-hybridized carbons (Fsp3) is 0.533. The van der Waals surface area contributed by atoms with Crippen LogP contribution in [-0.4, -0.2) is 35.5 Å². The summed E-state index contributed by atoms with van der Waals surface area (Å²) in [6.45, 7) is 2.86. The highest BCUT2D eigenvalue weighted by atomic mass is 16.6. The van der Waals surface area contributed by atoms with Gasteiger partial charge < -0.3 is 19.8 Å². The maximum Gasteiger partial charge on any atom is 0.113 e. The number of hydrogen-bond acceptors (Lipinski definition) is 4. The first kappa shape index (κ1) is 12.2. The maximum absolute atomic E-state index is 5.87. The highest BCUT2D eigenvalue weighted by Gasteiger charge is 2.30. The van der Waals surface area contributed by atoms with E-state index < -0.39 is 0 Å². The molecule has 1 aliphatic carbocycles. The second-order valence-electron chi connectivity index (χ2n) is 5.67. The minimum Gasteiger partial charge on any atom is -0.399 e. The molecule has 1 unspecified atom stereocenters. The van der Waals surface area contributed by atoms with Crippen LogP contribution in [-0.2, 0) is 16.0 Å². The number of fused-ring (bicyclic) bond motifs is 1. The quantitative estimate of drug-likeness (QED) is 0.868. The first-order chi connectivity index (χ1) is 9.81. The Morgan fingerprint density at radius 2 is 2.20 bits per heavy atom. The van der Waals surface area contributed by atoms with E-state index in [1.807, 2.05) is 12.1 Å². The topological polar surface area (TPSA) is 62.3 Å². The first-order valence-corrected chi connectivity index (χ1v) is 7.26. The van der Waals surface area contributed by atoms with Crippen LogP contribution in [0.5, 0.6) is 0 Å². The number of hydrogen-bond donors (Lipinski definition) is 1. The highest BCUT2D eigenvalue weighted by molar-refractivity contribution is 5.79. The molecule has 0 radical (unpaired) electrons. The summed E-state index contributed by atoms with van der Waals surface area (Å²) in [6, 6.07) is 5.96. The number of nitrogen functional groups attached to an aromatic ring is 1. The van der Waals surface area contributed by atoms with Gasteiger partial charge in [0.05, 0.1) is 43.5 Å². The lowest BCUT2D eigenvalue weighted by molar-refractivity contribution is -0.0934. The normalized spacial score (nSPS) is 23.3. The maximum atomic E-state index is 5.87. The number of nitrogens with two attached hydrogens (primary N) is 1. The Hall–Kier alpha value is -1.59. The minimum atomic E-state index is 0.121. The van der Waals surface area contributed by atoms with E-state index in [1.165, 1.54) is 18.7 Å². The molecule has 20 heavy (non-hydrogen) atoms. The fourth-order valence-corrected chi connectivity index (χ4v) is 2.86. The molecule has 106 valence electrons. The Kier molecular flexibility index (Phi) is 2.89. The largest absolute Gasteiger partial charge is 0.399 e. The highest BCUT2D eigenvalue weighted by Crippen LogP contribution is 2.41. The number of rotatable bonds is 3. The van der Waals surface area contributed by atoms with Gasteiger partial charge in [-0.05, 0) is 31.0 Å². The van der Waals surface area contributed by atoms with Crippen LogP contribution in [0.2, 0.25) is 0 Å². The van der Waals surface area contributed by atoms with Gasteiger partial charge in [0.1, 0.15) is 5.82 Å². The van der Waals surface area contributed by atoms with Gasteiger partial charge in [-0.3, -0.25) is 0 Å². The molecule has 0 bridgehead atoms. The molecule has 1 aliphatic heterocycles. The Bertz CT molecular complexity index is 627. The summed E-state index contributed by atoms with van der Waals surface area (Å²) in [5.41, 5.74) is 8.77. The summed E-state index contributed by atoms with van der Waals surface area (Å²) in [7, 11) is 0. The molecule has 1 aromatic heterocycles. The van der Waals surface area contributed by atoms with Crippen molar-refractivity contribution in [1.29, 1.82) is 0 Å². The van der Waals surface area contributed by atoms with Gasteiger partial charge >= 0.3 is 0 Å². The first-order valence-electron chi connectivity index (χ1n) is 7.26. The van der Waals surface area contributed by atoms with Crippen molar-refractivity contribution in [2.45, 2.75) is 31.4 Å². The third-order valence-corrected chi connectivity index (χ3v) is 4.02. The molecule has 1 saturated carbocycles. The summed E-state index contributed by atoms with van der Waals surface area (Å²) < 4.78 is 13.6. The van der Waals surface area contributed by atoms with Gasteiger partial charge in [0.15, 0.2) is 0 Å². The lowest BCUT2D eigenvalue weighted by Gasteiger charge is -2.24. The van der Waals surface area contributed by atoms with Crippen LogP contribution in [0.3, 0.4) is 0 Å². The van der Waals surface area contributed by atoms with E-state index in [-0.39, 0.29) is 6.10 Å². The second kappa shape index (κ2) is 4.75. The monoisotopic (exact) mass is 273 g/mol. The van der Waals surface area contributed by atoms with Crippen molar-refractivity contribution >= 4 is 16.7 Å². The van der Waals surface area contributed by atoms with Crippen molar-refractivity contribution in [1.82, 2.24) is 9.55 Å². The third-order valence-electron chi connectivity index (χ3n) is 4.02. The van der Waals surface area contributed by atoms with Gasteiger partial charge in [-0.1, -0.05) is 0 Å². The van der Waals surface area contributed by atoms with E-state index in [4.69, 9.17) is 20.2 Å². The number of anilines is 1. The van der Waals surface area contributed by atoms with E-state index in [1.54, 1.807) is 0 Å². The Morgan fingerprint density at radius 1 is 1.30 bits per heavy atom. The van der Waals surface area contributed by atoms with Crippen molar-refractivity contribution in [3.63, 3.8) is 0 Å². The van der Waals surface area contributed by atoms with Crippen molar-refractivity contribution in [3.05, 3.63) is 24.0 Å². The van der Waals surface area contributed by atoms with Gasteiger partial charge in [0.2, 0.25) is 0 Å². The predicted octanol–water partition coefficient (Wildman–Crippen LogP) is 1.91. The van der Waals surface area contributed by atoms with Crippen LogP contribution in [0, 0.1) is 0 Å². The molecule has 2 N–H and O–H groups in total. The molecule has 0 spiro atoms. The molecule has 5 heteroatoms. The number of ether oxygens (including phenoxy) is 2. The van der Waals surface area contributed by atoms with Crippen molar-refractivity contribution in [2.75, 3.05) is 25.6 Å². The molecule has 1 aromatic carbocycles. The number of aromatic nitrogens is 2. The van der Waals surface area contributed by atoms with E-state index in [2.05, 4.69) is 10.6 Å². The lowest BCUT2D eigenvalue weighted by atomic mass is 10.2. The molecule has 2 aliphatic rings. The summed E-state index contributed by atoms with van der Waals surface area (Å²) in [5, 5.41) is 0. The van der Waals surface area contributed by atoms with Gasteiger partial charge in [0.25, 0.3) is 0 Å². The molecule has 1 atom stereocenters. The summed E-state index contributed by atoms with van der Waals surface area (Å²) in [4.78, 5) is 4.79. The SMILES string of the molecule is Nc1ccc2c(c1)nc(C1CC1)n2CC1COCCO1. The summed E-state index contributed by atoms with van der Waals surface area (Å²) >= 11 is 0. The average molecular weight is 273 g/mol. The second-order valence-corrected chi connectivity index (χ2v) is 5.67. The minimum absolute atomic E-state index is 0.121. The van der Waals surface area contributed by atoms with Gasteiger partial charge in [0, 0.05) is 11.6 Å². The van der Waals surface area contributed by atoms with Crippen LogP contribution in [0.25, 0.3) is 11.0 Å².